The highest BCUT2D eigenvalue weighted by Gasteiger charge is 2.31. The SMILES string of the molecule is CCOc1ncccc1C(=O)Nc1c(C)nn(C2CCS(=O)(=O)C2)c1C. The molecule has 9 heteroatoms. The molecule has 3 rings (SSSR count). The molecule has 8 nitrogen and oxygen atoms in total. The number of aryl methyl sites for hydroxylation is 1. The number of hydrogen-bond acceptors (Lipinski definition) is 6. The van der Waals surface area contributed by atoms with E-state index < -0.39 is 9.84 Å². The van der Waals surface area contributed by atoms with Crippen LogP contribution in [0.25, 0.3) is 0 Å². The number of nitrogens with zero attached hydrogens (tertiary/aromatic N) is 3. The van der Waals surface area contributed by atoms with Crippen molar-refractivity contribution in [2.24, 2.45) is 0 Å². The Kier molecular flexibility index (Phi) is 4.99. The van der Waals surface area contributed by atoms with E-state index in [1.165, 1.54) is 0 Å². The molecule has 0 saturated carbocycles. The van der Waals surface area contributed by atoms with Gasteiger partial charge in [-0.25, -0.2) is 13.4 Å². The molecular weight excluding hydrogens is 356 g/mol. The number of carbonyl (C=O) groups is 1. The molecule has 1 aliphatic heterocycles. The van der Waals surface area contributed by atoms with Crippen molar-refractivity contribution >= 4 is 21.4 Å². The third-order valence-electron chi connectivity index (χ3n) is 4.41. The summed E-state index contributed by atoms with van der Waals surface area (Å²) in [5.41, 5.74) is 2.30. The maximum Gasteiger partial charge on any atom is 0.261 e. The predicted octanol–water partition coefficient (Wildman–Crippen LogP) is 1.91. The van der Waals surface area contributed by atoms with E-state index in [-0.39, 0.29) is 29.3 Å². The standard InChI is InChI=1S/C17H22N4O4S/c1-4-25-17-14(6-5-8-18-17)16(22)19-15-11(2)20-21(12(15)3)13-7-9-26(23,24)10-13/h5-6,8,13H,4,7,9-10H2,1-3H3,(H,19,22). The van der Waals surface area contributed by atoms with E-state index in [0.717, 1.165) is 5.69 Å². The van der Waals surface area contributed by atoms with Gasteiger partial charge in [0.15, 0.2) is 9.84 Å². The van der Waals surface area contributed by atoms with Gasteiger partial charge in [-0.15, -0.1) is 0 Å². The monoisotopic (exact) mass is 378 g/mol. The number of sulfone groups is 1. The molecule has 2 aromatic heterocycles. The first kappa shape index (κ1) is 18.4. The lowest BCUT2D eigenvalue weighted by atomic mass is 10.2. The summed E-state index contributed by atoms with van der Waals surface area (Å²) in [5.74, 6) is 0.188. The largest absolute Gasteiger partial charge is 0.477 e. The lowest BCUT2D eigenvalue weighted by molar-refractivity contribution is 0.102. The molecule has 2 aromatic rings. The molecule has 0 spiro atoms. The number of rotatable bonds is 5. The Morgan fingerprint density at radius 2 is 2.19 bits per heavy atom. The molecule has 26 heavy (non-hydrogen) atoms. The van der Waals surface area contributed by atoms with Gasteiger partial charge in [0, 0.05) is 6.20 Å². The van der Waals surface area contributed by atoms with E-state index in [9.17, 15) is 13.2 Å². The molecule has 0 bridgehead atoms. The molecule has 1 saturated heterocycles. The molecule has 1 unspecified atom stereocenters. The van der Waals surface area contributed by atoms with Crippen LogP contribution < -0.4 is 10.1 Å². The lowest BCUT2D eigenvalue weighted by Crippen LogP contribution is -2.16. The van der Waals surface area contributed by atoms with Gasteiger partial charge in [-0.2, -0.15) is 5.10 Å². The zero-order chi connectivity index (χ0) is 18.9. The fourth-order valence-corrected chi connectivity index (χ4v) is 4.86. The summed E-state index contributed by atoms with van der Waals surface area (Å²) in [6.07, 6.45) is 2.10. The zero-order valence-corrected chi connectivity index (χ0v) is 15.8. The Morgan fingerprint density at radius 1 is 1.42 bits per heavy atom. The summed E-state index contributed by atoms with van der Waals surface area (Å²) in [6, 6.07) is 3.12. The van der Waals surface area contributed by atoms with Gasteiger partial charge in [0.25, 0.3) is 5.91 Å². The van der Waals surface area contributed by atoms with Gasteiger partial charge in [-0.05, 0) is 39.3 Å². The van der Waals surface area contributed by atoms with E-state index in [2.05, 4.69) is 15.4 Å². The summed E-state index contributed by atoms with van der Waals surface area (Å²) < 4.78 is 30.6. The minimum Gasteiger partial charge on any atom is -0.477 e. The minimum atomic E-state index is -3.01. The van der Waals surface area contributed by atoms with Crippen LogP contribution in [0.1, 0.15) is 41.1 Å². The number of aromatic nitrogens is 3. The molecule has 1 amide bonds. The van der Waals surface area contributed by atoms with Gasteiger partial charge < -0.3 is 10.1 Å². The normalized spacial score (nSPS) is 18.7. The van der Waals surface area contributed by atoms with Crippen LogP contribution in [-0.2, 0) is 9.84 Å². The molecule has 0 radical (unpaired) electrons. The van der Waals surface area contributed by atoms with E-state index in [0.29, 0.717) is 30.0 Å². The van der Waals surface area contributed by atoms with Crippen molar-refractivity contribution in [3.63, 3.8) is 0 Å². The van der Waals surface area contributed by atoms with Crippen LogP contribution in [-0.4, -0.2) is 47.2 Å². The number of pyridine rings is 1. The first-order valence-electron chi connectivity index (χ1n) is 8.47. The Morgan fingerprint density at radius 3 is 2.85 bits per heavy atom. The Balaban J connectivity index is 1.86. The predicted molar refractivity (Wildman–Crippen MR) is 97.4 cm³/mol. The van der Waals surface area contributed by atoms with Crippen LogP contribution in [0, 0.1) is 13.8 Å². The Hall–Kier alpha value is -2.42. The van der Waals surface area contributed by atoms with Crippen LogP contribution in [0.4, 0.5) is 5.69 Å². The second-order valence-corrected chi connectivity index (χ2v) is 8.52. The molecule has 1 N–H and O–H groups in total. The molecule has 1 fully saturated rings. The van der Waals surface area contributed by atoms with Gasteiger partial charge in [0.2, 0.25) is 5.88 Å². The summed E-state index contributed by atoms with van der Waals surface area (Å²) in [6.45, 7) is 5.84. The molecular formula is C17H22N4O4S. The van der Waals surface area contributed by atoms with Crippen molar-refractivity contribution in [3.05, 3.63) is 35.3 Å². The second kappa shape index (κ2) is 7.06. The molecule has 3 heterocycles. The molecule has 0 aromatic carbocycles. The highest BCUT2D eigenvalue weighted by atomic mass is 32.2. The molecule has 140 valence electrons. The van der Waals surface area contributed by atoms with Gasteiger partial charge >= 0.3 is 0 Å². The Labute approximate surface area is 152 Å². The number of anilines is 1. The van der Waals surface area contributed by atoms with Gasteiger partial charge in [-0.3, -0.25) is 9.48 Å². The first-order chi connectivity index (χ1) is 12.3. The van der Waals surface area contributed by atoms with Crippen molar-refractivity contribution < 1.29 is 17.9 Å². The second-order valence-electron chi connectivity index (χ2n) is 6.29. The number of carbonyl (C=O) groups excluding carboxylic acids is 1. The highest BCUT2D eigenvalue weighted by molar-refractivity contribution is 7.91. The van der Waals surface area contributed by atoms with Gasteiger partial charge in [-0.1, -0.05) is 0 Å². The maximum atomic E-state index is 12.7. The summed E-state index contributed by atoms with van der Waals surface area (Å²) in [5, 5.41) is 7.32. The van der Waals surface area contributed by atoms with Crippen molar-refractivity contribution in [2.45, 2.75) is 33.2 Å². The molecule has 0 aliphatic carbocycles. The maximum absolute atomic E-state index is 12.7. The third-order valence-corrected chi connectivity index (χ3v) is 6.16. The van der Waals surface area contributed by atoms with E-state index in [1.54, 1.807) is 29.9 Å². The van der Waals surface area contributed by atoms with E-state index in [4.69, 9.17) is 4.74 Å². The molecule has 1 aliphatic rings. The minimum absolute atomic E-state index is 0.0828. The quantitative estimate of drug-likeness (QED) is 0.852. The summed E-state index contributed by atoms with van der Waals surface area (Å²) in [4.78, 5) is 16.8. The summed E-state index contributed by atoms with van der Waals surface area (Å²) >= 11 is 0. The number of nitrogens with one attached hydrogen (secondary N) is 1. The van der Waals surface area contributed by atoms with E-state index in [1.807, 2.05) is 13.8 Å². The van der Waals surface area contributed by atoms with Gasteiger partial charge in [0.1, 0.15) is 5.56 Å². The number of hydrogen-bond donors (Lipinski definition) is 1. The van der Waals surface area contributed by atoms with Crippen LogP contribution in [0.15, 0.2) is 18.3 Å². The fraction of sp³-hybridized carbons (Fsp3) is 0.471. The van der Waals surface area contributed by atoms with Crippen LogP contribution in [0.2, 0.25) is 0 Å². The third kappa shape index (κ3) is 3.57. The van der Waals surface area contributed by atoms with Gasteiger partial charge in [0.05, 0.1) is 41.2 Å². The first-order valence-corrected chi connectivity index (χ1v) is 10.3. The lowest BCUT2D eigenvalue weighted by Gasteiger charge is -2.12. The van der Waals surface area contributed by atoms with Crippen molar-refractivity contribution in [1.82, 2.24) is 14.8 Å². The van der Waals surface area contributed by atoms with Crippen molar-refractivity contribution in [3.8, 4) is 5.88 Å². The molecule has 1 atom stereocenters. The summed E-state index contributed by atoms with van der Waals surface area (Å²) in [7, 11) is -3.01. The van der Waals surface area contributed by atoms with Crippen molar-refractivity contribution in [1.29, 1.82) is 0 Å². The Bertz CT molecular complexity index is 936. The van der Waals surface area contributed by atoms with Crippen LogP contribution in [0.5, 0.6) is 5.88 Å². The smallest absolute Gasteiger partial charge is 0.261 e. The highest BCUT2D eigenvalue weighted by Crippen LogP contribution is 2.29. The topological polar surface area (TPSA) is 103 Å². The van der Waals surface area contributed by atoms with Crippen LogP contribution in [0.3, 0.4) is 0 Å². The van der Waals surface area contributed by atoms with Crippen molar-refractivity contribution in [2.75, 3.05) is 23.4 Å². The average Bonchev–Trinajstić information content (AvgIpc) is 3.09. The zero-order valence-electron chi connectivity index (χ0n) is 15.0. The number of amides is 1. The fourth-order valence-electron chi connectivity index (χ4n) is 3.16. The number of ether oxygens (including phenoxy) is 1. The van der Waals surface area contributed by atoms with E-state index >= 15 is 0 Å². The average molecular weight is 378 g/mol. The van der Waals surface area contributed by atoms with Crippen LogP contribution >= 0.6 is 0 Å².